The molecule has 0 amide bonds. The summed E-state index contributed by atoms with van der Waals surface area (Å²) in [4.78, 5) is 4.22. The van der Waals surface area contributed by atoms with Crippen molar-refractivity contribution < 1.29 is 27.8 Å². The molecule has 0 saturated carbocycles. The van der Waals surface area contributed by atoms with Crippen LogP contribution in [0.1, 0.15) is 28.1 Å². The number of ether oxygens (including phenoxy) is 2. The van der Waals surface area contributed by atoms with Gasteiger partial charge in [-0.15, -0.1) is 0 Å². The van der Waals surface area contributed by atoms with E-state index in [1.165, 1.54) is 42.9 Å². The number of imidazole rings is 1. The van der Waals surface area contributed by atoms with E-state index in [9.17, 15) is 23.5 Å². The quantitative estimate of drug-likeness (QED) is 0.316. The Balaban J connectivity index is 2.29. The monoisotopic (exact) mass is 505 g/mol. The van der Waals surface area contributed by atoms with Crippen molar-refractivity contribution in [1.82, 2.24) is 9.55 Å². The molecule has 0 fully saturated rings. The summed E-state index contributed by atoms with van der Waals surface area (Å²) in [5.41, 5.74) is -2.32. The van der Waals surface area contributed by atoms with Crippen LogP contribution in [0, 0.1) is 25.2 Å². The number of aryl methyl sites for hydroxylation is 2. The average Bonchev–Trinajstić information content (AvgIpc) is 3.12. The lowest BCUT2D eigenvalue weighted by Gasteiger charge is -2.33. The fraction of sp³-hybridized carbons (Fsp3) is 0.440. The normalized spacial score (nSPS) is 14.1. The third kappa shape index (κ3) is 5.22. The second-order valence-corrected chi connectivity index (χ2v) is 15.5. The highest BCUT2D eigenvalue weighted by Gasteiger charge is 2.61. The summed E-state index contributed by atoms with van der Waals surface area (Å²) in [6.07, 6.45) is -5.14. The lowest BCUT2D eigenvalue weighted by molar-refractivity contribution is -0.253. The predicted molar refractivity (Wildman–Crippen MR) is 130 cm³/mol. The van der Waals surface area contributed by atoms with Crippen molar-refractivity contribution in [3.63, 3.8) is 0 Å². The second kappa shape index (κ2) is 9.64. The molecule has 2 aromatic carbocycles. The number of hydrogen-bond donors (Lipinski definition) is 1. The Kier molecular flexibility index (Phi) is 7.36. The summed E-state index contributed by atoms with van der Waals surface area (Å²) in [7, 11) is -0.175. The number of halogens is 3. The molecule has 0 aliphatic carbocycles. The molecule has 1 N–H and O–H groups in total. The van der Waals surface area contributed by atoms with Crippen LogP contribution in [0.2, 0.25) is 25.7 Å². The summed E-state index contributed by atoms with van der Waals surface area (Å²) in [6.45, 7) is 9.87. The molecule has 3 aromatic rings. The molecule has 0 aliphatic rings. The van der Waals surface area contributed by atoms with E-state index in [4.69, 9.17) is 9.47 Å². The molecule has 0 spiro atoms. The maximum absolute atomic E-state index is 14.8. The van der Waals surface area contributed by atoms with Gasteiger partial charge in [-0.3, -0.25) is 0 Å². The highest BCUT2D eigenvalue weighted by Crippen LogP contribution is 2.49. The lowest BCUT2D eigenvalue weighted by atomic mass is 9.86. The number of nitrogens with zero attached hydrogens (tertiary/aromatic N) is 3. The van der Waals surface area contributed by atoms with E-state index in [2.05, 4.69) is 24.6 Å². The Bertz CT molecular complexity index is 1280. The largest absolute Gasteiger partial charge is 0.496 e. The lowest BCUT2D eigenvalue weighted by Crippen LogP contribution is -2.46. The number of alkyl halides is 3. The Morgan fingerprint density at radius 2 is 1.83 bits per heavy atom. The third-order valence-corrected chi connectivity index (χ3v) is 7.56. The van der Waals surface area contributed by atoms with Crippen molar-refractivity contribution in [2.45, 2.75) is 58.0 Å². The van der Waals surface area contributed by atoms with Gasteiger partial charge in [0.15, 0.2) is 5.82 Å². The summed E-state index contributed by atoms with van der Waals surface area (Å²) in [5.74, 6) is -0.744. The molecule has 1 heterocycles. The average molecular weight is 506 g/mol. The second-order valence-electron chi connectivity index (χ2n) is 9.89. The first-order chi connectivity index (χ1) is 16.2. The zero-order chi connectivity index (χ0) is 26.2. The molecule has 6 nitrogen and oxygen atoms in total. The number of nitriles is 1. The van der Waals surface area contributed by atoms with E-state index in [0.29, 0.717) is 17.7 Å². The molecule has 3 rings (SSSR count). The number of methoxy groups -OCH3 is 1. The van der Waals surface area contributed by atoms with Gasteiger partial charge in [0.25, 0.3) is 0 Å². The Morgan fingerprint density at radius 1 is 1.14 bits per heavy atom. The van der Waals surface area contributed by atoms with Crippen molar-refractivity contribution in [3.8, 4) is 11.8 Å². The summed E-state index contributed by atoms with van der Waals surface area (Å²) in [5, 5.41) is 20.8. The van der Waals surface area contributed by atoms with Crippen LogP contribution in [0.25, 0.3) is 11.0 Å². The number of fused-ring (bicyclic) bond motifs is 1. The van der Waals surface area contributed by atoms with Crippen LogP contribution in [0.15, 0.2) is 30.3 Å². The first-order valence-electron chi connectivity index (χ1n) is 11.2. The van der Waals surface area contributed by atoms with Crippen molar-refractivity contribution in [1.29, 1.82) is 5.26 Å². The highest BCUT2D eigenvalue weighted by atomic mass is 28.3. The fourth-order valence-electron chi connectivity index (χ4n) is 4.07. The van der Waals surface area contributed by atoms with Crippen LogP contribution in [0.5, 0.6) is 5.75 Å². The number of aliphatic hydroxyl groups is 1. The maximum Gasteiger partial charge on any atom is 0.429 e. The number of benzene rings is 2. The smallest absolute Gasteiger partial charge is 0.429 e. The zero-order valence-electron chi connectivity index (χ0n) is 20.7. The molecule has 35 heavy (non-hydrogen) atoms. The van der Waals surface area contributed by atoms with Gasteiger partial charge in [0, 0.05) is 20.2 Å². The first-order valence-corrected chi connectivity index (χ1v) is 14.9. The van der Waals surface area contributed by atoms with E-state index in [-0.39, 0.29) is 29.1 Å². The molecule has 0 saturated heterocycles. The van der Waals surface area contributed by atoms with Crippen LogP contribution in [-0.2, 0) is 17.1 Å². The number of rotatable bonds is 8. The molecule has 1 atom stereocenters. The highest BCUT2D eigenvalue weighted by molar-refractivity contribution is 6.76. The molecular weight excluding hydrogens is 475 g/mol. The Morgan fingerprint density at radius 3 is 2.40 bits per heavy atom. The topological polar surface area (TPSA) is 80.3 Å². The zero-order valence-corrected chi connectivity index (χ0v) is 21.7. The molecule has 0 bridgehead atoms. The van der Waals surface area contributed by atoms with E-state index < -0.39 is 31.2 Å². The van der Waals surface area contributed by atoms with Gasteiger partial charge in [-0.25, -0.2) is 4.98 Å². The molecule has 188 valence electrons. The van der Waals surface area contributed by atoms with Crippen molar-refractivity contribution in [2.24, 2.45) is 0 Å². The molecule has 1 aromatic heterocycles. The predicted octanol–water partition coefficient (Wildman–Crippen LogP) is 5.64. The standard InChI is InChI=1S/C25H30F3N3O3Si/c1-16-11-17(2)22(21(12-16)33-3)24(32,25(26,27)28)23-30-19-13-18(14-29)7-8-20(19)31(23)15-34-9-10-35(4,5)6/h7-8,11-13,32H,9-10,15H2,1-6H3. The summed E-state index contributed by atoms with van der Waals surface area (Å²) < 4.78 is 56.8. The molecule has 1 unspecified atom stereocenters. The van der Waals surface area contributed by atoms with Crippen LogP contribution >= 0.6 is 0 Å². The molecule has 0 aliphatic heterocycles. The first kappa shape index (κ1) is 26.7. The van der Waals surface area contributed by atoms with Crippen molar-refractivity contribution in [3.05, 3.63) is 58.4 Å². The minimum atomic E-state index is -5.14. The van der Waals surface area contributed by atoms with E-state index in [1.54, 1.807) is 13.0 Å². The van der Waals surface area contributed by atoms with Crippen LogP contribution in [0.3, 0.4) is 0 Å². The van der Waals surface area contributed by atoms with Gasteiger partial charge in [-0.05, 0) is 55.3 Å². The van der Waals surface area contributed by atoms with Crippen LogP contribution < -0.4 is 4.74 Å². The van der Waals surface area contributed by atoms with Crippen LogP contribution in [0.4, 0.5) is 13.2 Å². The molecule has 10 heteroatoms. The minimum Gasteiger partial charge on any atom is -0.496 e. The van der Waals surface area contributed by atoms with Gasteiger partial charge in [-0.2, -0.15) is 18.4 Å². The third-order valence-electron chi connectivity index (χ3n) is 5.85. The van der Waals surface area contributed by atoms with Gasteiger partial charge < -0.3 is 19.1 Å². The van der Waals surface area contributed by atoms with Gasteiger partial charge in [0.1, 0.15) is 12.5 Å². The van der Waals surface area contributed by atoms with Gasteiger partial charge in [0.05, 0.1) is 29.8 Å². The molecular formula is C25H30F3N3O3Si. The van der Waals surface area contributed by atoms with E-state index in [1.807, 2.05) is 6.07 Å². The summed E-state index contributed by atoms with van der Waals surface area (Å²) >= 11 is 0. The van der Waals surface area contributed by atoms with Crippen molar-refractivity contribution >= 4 is 19.1 Å². The van der Waals surface area contributed by atoms with Gasteiger partial charge in [-0.1, -0.05) is 25.7 Å². The number of aromatic nitrogens is 2. The van der Waals surface area contributed by atoms with Gasteiger partial charge >= 0.3 is 6.18 Å². The number of hydrogen-bond acceptors (Lipinski definition) is 5. The van der Waals surface area contributed by atoms with E-state index >= 15 is 0 Å². The van der Waals surface area contributed by atoms with Crippen LogP contribution in [-0.4, -0.2) is 42.6 Å². The van der Waals surface area contributed by atoms with E-state index in [0.717, 1.165) is 6.04 Å². The fourth-order valence-corrected chi connectivity index (χ4v) is 4.83. The Hall–Kier alpha value is -2.87. The summed E-state index contributed by atoms with van der Waals surface area (Å²) in [6, 6.07) is 10.2. The Labute approximate surface area is 203 Å². The SMILES string of the molecule is COc1cc(C)cc(C)c1C(O)(c1nc2cc(C#N)ccc2n1COCC[Si](C)(C)C)C(F)(F)F. The molecule has 0 radical (unpaired) electrons. The van der Waals surface area contributed by atoms with Gasteiger partial charge in [0.2, 0.25) is 5.60 Å². The minimum absolute atomic E-state index is 0.0988. The van der Waals surface area contributed by atoms with Crippen molar-refractivity contribution in [2.75, 3.05) is 13.7 Å². The maximum atomic E-state index is 14.8.